The van der Waals surface area contributed by atoms with Crippen LogP contribution in [0.15, 0.2) is 24.3 Å². The van der Waals surface area contributed by atoms with Crippen molar-refractivity contribution in [1.29, 1.82) is 0 Å². The Balaban J connectivity index is 2.35. The quantitative estimate of drug-likeness (QED) is 0.0215. The number of hydrogen-bond donors (Lipinski definition) is 8. The zero-order valence-electron chi connectivity index (χ0n) is 43.9. The molecule has 1 fully saturated rings. The maximum Gasteiger partial charge on any atom is 0.249 e. The van der Waals surface area contributed by atoms with Crippen molar-refractivity contribution in [3.05, 3.63) is 24.3 Å². The number of amides is 1. The molecule has 1 amide bonds. The normalized spacial score (nSPS) is 20.6. The van der Waals surface area contributed by atoms with Gasteiger partial charge in [0.15, 0.2) is 6.29 Å². The van der Waals surface area contributed by atoms with Crippen molar-refractivity contribution in [3.63, 3.8) is 0 Å². The van der Waals surface area contributed by atoms with Crippen LogP contribution in [0, 0.1) is 0 Å². The van der Waals surface area contributed by atoms with Crippen LogP contribution in [0.5, 0.6) is 0 Å². The largest absolute Gasteiger partial charge is 0.394 e. The lowest BCUT2D eigenvalue weighted by Gasteiger charge is -2.40. The molecular formula is C57H109NO10. The molecule has 9 unspecified atom stereocenters. The van der Waals surface area contributed by atoms with Crippen LogP contribution < -0.4 is 5.32 Å². The maximum absolute atomic E-state index is 13.2. The Morgan fingerprint density at radius 3 is 1.31 bits per heavy atom. The molecule has 0 bridgehead atoms. The monoisotopic (exact) mass is 968 g/mol. The van der Waals surface area contributed by atoms with Gasteiger partial charge in [-0.1, -0.05) is 237 Å². The van der Waals surface area contributed by atoms with E-state index in [1.807, 2.05) is 0 Å². The second-order valence-corrected chi connectivity index (χ2v) is 20.4. The first-order valence-corrected chi connectivity index (χ1v) is 28.7. The number of carbonyl (C=O) groups excluding carboxylic acids is 1. The highest BCUT2D eigenvalue weighted by Crippen LogP contribution is 2.23. The zero-order chi connectivity index (χ0) is 49.7. The summed E-state index contributed by atoms with van der Waals surface area (Å²) in [4.78, 5) is 13.2. The number of hydrogen-bond acceptors (Lipinski definition) is 10. The molecule has 8 N–H and O–H groups in total. The van der Waals surface area contributed by atoms with Gasteiger partial charge in [0.2, 0.25) is 5.91 Å². The number of carbonyl (C=O) groups is 1. The molecule has 1 aliphatic rings. The Morgan fingerprint density at radius 2 is 0.882 bits per heavy atom. The van der Waals surface area contributed by atoms with E-state index in [9.17, 15) is 40.5 Å². The van der Waals surface area contributed by atoms with Gasteiger partial charge in [-0.3, -0.25) is 4.79 Å². The summed E-state index contributed by atoms with van der Waals surface area (Å²) in [6, 6.07) is -1.19. The van der Waals surface area contributed by atoms with Gasteiger partial charge in [-0.15, -0.1) is 0 Å². The summed E-state index contributed by atoms with van der Waals surface area (Å²) in [5.74, 6) is -0.707. The van der Waals surface area contributed by atoms with Gasteiger partial charge in [-0.25, -0.2) is 0 Å². The van der Waals surface area contributed by atoms with Crippen molar-refractivity contribution in [1.82, 2.24) is 5.32 Å². The van der Waals surface area contributed by atoms with E-state index in [2.05, 4.69) is 43.5 Å². The van der Waals surface area contributed by atoms with Crippen molar-refractivity contribution in [2.24, 2.45) is 0 Å². The van der Waals surface area contributed by atoms with Crippen molar-refractivity contribution in [2.45, 2.75) is 319 Å². The molecular weight excluding hydrogens is 859 g/mol. The van der Waals surface area contributed by atoms with Crippen LogP contribution in [0.25, 0.3) is 0 Å². The van der Waals surface area contributed by atoms with E-state index in [1.54, 1.807) is 0 Å². The first-order valence-electron chi connectivity index (χ1n) is 28.7. The summed E-state index contributed by atoms with van der Waals surface area (Å²) >= 11 is 0. The van der Waals surface area contributed by atoms with Gasteiger partial charge >= 0.3 is 0 Å². The number of nitrogens with one attached hydrogen (secondary N) is 1. The van der Waals surface area contributed by atoms with Gasteiger partial charge in [0.25, 0.3) is 0 Å². The van der Waals surface area contributed by atoms with E-state index in [1.165, 1.54) is 180 Å². The third-order valence-corrected chi connectivity index (χ3v) is 14.0. The van der Waals surface area contributed by atoms with Crippen molar-refractivity contribution >= 4 is 5.91 Å². The lowest BCUT2D eigenvalue weighted by atomic mass is 9.98. The molecule has 0 aliphatic carbocycles. The van der Waals surface area contributed by atoms with Crippen LogP contribution in [-0.2, 0) is 14.3 Å². The Bertz CT molecular complexity index is 1160. The van der Waals surface area contributed by atoms with Gasteiger partial charge in [0, 0.05) is 0 Å². The van der Waals surface area contributed by atoms with E-state index in [4.69, 9.17) is 9.47 Å². The van der Waals surface area contributed by atoms with Crippen LogP contribution in [0.2, 0.25) is 0 Å². The molecule has 0 saturated carbocycles. The zero-order valence-corrected chi connectivity index (χ0v) is 43.9. The molecule has 0 aromatic carbocycles. The van der Waals surface area contributed by atoms with Crippen LogP contribution in [-0.4, -0.2) is 110 Å². The first kappa shape index (κ1) is 64.6. The topological polar surface area (TPSA) is 189 Å². The average molecular weight is 968 g/mol. The van der Waals surface area contributed by atoms with Gasteiger partial charge in [-0.05, 0) is 51.4 Å². The second kappa shape index (κ2) is 46.6. The first-order chi connectivity index (χ1) is 33.2. The summed E-state index contributed by atoms with van der Waals surface area (Å²) in [7, 11) is 0. The van der Waals surface area contributed by atoms with E-state index in [0.717, 1.165) is 38.5 Å². The third-order valence-electron chi connectivity index (χ3n) is 14.0. The van der Waals surface area contributed by atoms with Crippen LogP contribution in [0.4, 0.5) is 0 Å². The maximum atomic E-state index is 13.2. The third kappa shape index (κ3) is 34.8. The lowest BCUT2D eigenvalue weighted by Crippen LogP contribution is -2.60. The van der Waals surface area contributed by atoms with E-state index in [-0.39, 0.29) is 12.8 Å². The number of unbranched alkanes of at least 4 members (excludes halogenated alkanes) is 33. The molecule has 1 aliphatic heterocycles. The summed E-state index contributed by atoms with van der Waals surface area (Å²) in [6.07, 6.45) is 43.8. The van der Waals surface area contributed by atoms with Gasteiger partial charge < -0.3 is 50.5 Å². The highest BCUT2D eigenvalue weighted by Gasteiger charge is 2.44. The number of rotatable bonds is 49. The van der Waals surface area contributed by atoms with Gasteiger partial charge in [-0.2, -0.15) is 0 Å². The molecule has 11 heteroatoms. The lowest BCUT2D eigenvalue weighted by molar-refractivity contribution is -0.303. The average Bonchev–Trinajstić information content (AvgIpc) is 3.34. The molecule has 0 aromatic heterocycles. The van der Waals surface area contributed by atoms with Crippen LogP contribution in [0.1, 0.15) is 264 Å². The number of aliphatic hydroxyl groups is 7. The molecule has 11 nitrogen and oxygen atoms in total. The minimum absolute atomic E-state index is 0.249. The second-order valence-electron chi connectivity index (χ2n) is 20.4. The SMILES string of the molecule is CCCCCCCCCCCCCCCCC/C=C/CC/C=C/CCCC(O)C(O)C(COC1OC(CO)C(O)C(O)C1O)NC(=O)C(O)CCCCCCCCCCCCCCCCCCC. The Labute approximate surface area is 416 Å². The molecule has 402 valence electrons. The molecule has 0 aromatic rings. The van der Waals surface area contributed by atoms with E-state index >= 15 is 0 Å². The molecule has 1 heterocycles. The number of ether oxygens (including phenoxy) is 2. The summed E-state index contributed by atoms with van der Waals surface area (Å²) in [6.45, 7) is 3.46. The fourth-order valence-corrected chi connectivity index (χ4v) is 9.28. The predicted molar refractivity (Wildman–Crippen MR) is 279 cm³/mol. The van der Waals surface area contributed by atoms with Gasteiger partial charge in [0.05, 0.1) is 25.4 Å². The summed E-state index contributed by atoms with van der Waals surface area (Å²) in [5.41, 5.74) is 0. The number of allylic oxidation sites excluding steroid dienone is 4. The fraction of sp³-hybridized carbons (Fsp3) is 0.912. The summed E-state index contributed by atoms with van der Waals surface area (Å²) in [5, 5.41) is 76.1. The van der Waals surface area contributed by atoms with Crippen molar-refractivity contribution < 1.29 is 50.0 Å². The summed E-state index contributed by atoms with van der Waals surface area (Å²) < 4.78 is 11.1. The smallest absolute Gasteiger partial charge is 0.249 e. The van der Waals surface area contributed by atoms with Crippen LogP contribution in [0.3, 0.4) is 0 Å². The molecule has 0 spiro atoms. The fourth-order valence-electron chi connectivity index (χ4n) is 9.28. The minimum Gasteiger partial charge on any atom is -0.394 e. The van der Waals surface area contributed by atoms with Crippen LogP contribution >= 0.6 is 0 Å². The number of aliphatic hydroxyl groups excluding tert-OH is 7. The standard InChI is InChI=1S/C57H109NO10/c1-3-5-7-9-11-13-15-17-19-21-22-23-24-25-26-27-29-30-32-34-36-38-40-42-44-49(60)52(62)48(47-67-57-55(65)54(64)53(63)51(46-59)68-57)58-56(66)50(61)45-43-41-39-37-35-33-31-28-20-18-16-14-12-10-8-6-4-2/h29-30,36,38,48-55,57,59-65H,3-28,31-35,37,39-47H2,1-2H3,(H,58,66)/b30-29+,38-36+. The molecule has 0 radical (unpaired) electrons. The van der Waals surface area contributed by atoms with E-state index < -0.39 is 74.2 Å². The molecule has 9 atom stereocenters. The predicted octanol–water partition coefficient (Wildman–Crippen LogP) is 11.7. The Morgan fingerprint density at radius 1 is 0.500 bits per heavy atom. The van der Waals surface area contributed by atoms with E-state index in [0.29, 0.717) is 19.3 Å². The van der Waals surface area contributed by atoms with Crippen molar-refractivity contribution in [3.8, 4) is 0 Å². The van der Waals surface area contributed by atoms with Gasteiger partial charge in [0.1, 0.15) is 36.6 Å². The molecule has 68 heavy (non-hydrogen) atoms. The highest BCUT2D eigenvalue weighted by molar-refractivity contribution is 5.80. The minimum atomic E-state index is -1.67. The highest BCUT2D eigenvalue weighted by atomic mass is 16.7. The molecule has 1 rings (SSSR count). The van der Waals surface area contributed by atoms with Crippen molar-refractivity contribution in [2.75, 3.05) is 13.2 Å². The Kier molecular flexibility index (Phi) is 44.3. The molecule has 1 saturated heterocycles. The Hall–Kier alpha value is -1.41.